The van der Waals surface area contributed by atoms with E-state index >= 15 is 0 Å². The van der Waals surface area contributed by atoms with Crippen LogP contribution >= 0.6 is 0 Å². The van der Waals surface area contributed by atoms with Gasteiger partial charge in [0, 0.05) is 12.0 Å². The molecule has 1 N–H and O–H groups in total. The number of ketones is 1. The van der Waals surface area contributed by atoms with Crippen LogP contribution in [0.5, 0.6) is 5.75 Å². The lowest BCUT2D eigenvalue weighted by molar-refractivity contribution is -0.148. The van der Waals surface area contributed by atoms with Crippen molar-refractivity contribution in [1.82, 2.24) is 0 Å². The normalized spacial score (nSPS) is 11.1. The van der Waals surface area contributed by atoms with Gasteiger partial charge < -0.3 is 9.84 Å². The molecule has 18 heavy (non-hydrogen) atoms. The van der Waals surface area contributed by atoms with Crippen LogP contribution in [0.4, 0.5) is 0 Å². The van der Waals surface area contributed by atoms with Crippen LogP contribution in [0.1, 0.15) is 37.6 Å². The van der Waals surface area contributed by atoms with Gasteiger partial charge in [0.05, 0.1) is 5.41 Å². The van der Waals surface area contributed by atoms with Crippen LogP contribution in [0.2, 0.25) is 0 Å². The molecule has 0 saturated heterocycles. The number of carboxylic acids is 1. The molecule has 1 rings (SSSR count). The summed E-state index contributed by atoms with van der Waals surface area (Å²) in [6, 6.07) is 6.74. The predicted molar refractivity (Wildman–Crippen MR) is 68.0 cm³/mol. The second-order valence-corrected chi connectivity index (χ2v) is 4.78. The van der Waals surface area contributed by atoms with Crippen molar-refractivity contribution < 1.29 is 19.4 Å². The van der Waals surface area contributed by atoms with Crippen LogP contribution < -0.4 is 4.74 Å². The van der Waals surface area contributed by atoms with E-state index in [4.69, 9.17) is 9.84 Å². The van der Waals surface area contributed by atoms with E-state index in [1.54, 1.807) is 38.1 Å². The maximum atomic E-state index is 11.4. The molecule has 0 aliphatic heterocycles. The van der Waals surface area contributed by atoms with E-state index in [0.717, 1.165) is 0 Å². The molecule has 0 aromatic heterocycles. The Bertz CT molecular complexity index is 432. The molecular formula is C14H18O4. The lowest BCUT2D eigenvalue weighted by atomic mass is 9.95. The standard InChI is InChI=1S/C14H18O4/c1-4-12(15)10-5-7-11(8-6-10)18-9-14(2,3)13(16)17/h5-8H,4,9H2,1-3H3,(H,16,17). The van der Waals surface area contributed by atoms with Crippen LogP contribution in [0, 0.1) is 5.41 Å². The average molecular weight is 250 g/mol. The van der Waals surface area contributed by atoms with Crippen LogP contribution in [-0.2, 0) is 4.79 Å². The molecule has 1 aromatic rings. The second-order valence-electron chi connectivity index (χ2n) is 4.78. The minimum absolute atomic E-state index is 0.0763. The van der Waals surface area contributed by atoms with E-state index < -0.39 is 11.4 Å². The molecule has 1 aromatic carbocycles. The van der Waals surface area contributed by atoms with Gasteiger partial charge in [-0.2, -0.15) is 0 Å². The number of carbonyl (C=O) groups is 2. The highest BCUT2D eigenvalue weighted by molar-refractivity contribution is 5.95. The number of benzene rings is 1. The largest absolute Gasteiger partial charge is 0.492 e. The van der Waals surface area contributed by atoms with Gasteiger partial charge in [-0.3, -0.25) is 9.59 Å². The highest BCUT2D eigenvalue weighted by Gasteiger charge is 2.28. The lowest BCUT2D eigenvalue weighted by Gasteiger charge is -2.19. The SMILES string of the molecule is CCC(=O)c1ccc(OCC(C)(C)C(=O)O)cc1. The Kier molecular flexibility index (Phi) is 4.48. The van der Waals surface area contributed by atoms with Gasteiger partial charge in [0.25, 0.3) is 0 Å². The molecule has 0 atom stereocenters. The second kappa shape index (κ2) is 5.67. The summed E-state index contributed by atoms with van der Waals surface area (Å²) in [4.78, 5) is 22.3. The number of aliphatic carboxylic acids is 1. The van der Waals surface area contributed by atoms with Gasteiger partial charge in [0.15, 0.2) is 5.78 Å². The number of ether oxygens (including phenoxy) is 1. The average Bonchev–Trinajstić information content (AvgIpc) is 2.36. The highest BCUT2D eigenvalue weighted by atomic mass is 16.5. The smallest absolute Gasteiger partial charge is 0.312 e. The van der Waals surface area contributed by atoms with Gasteiger partial charge in [0.1, 0.15) is 12.4 Å². The molecule has 0 spiro atoms. The number of carbonyl (C=O) groups excluding carboxylic acids is 1. The van der Waals surface area contributed by atoms with Crippen LogP contribution in [0.3, 0.4) is 0 Å². The number of carboxylic acid groups (broad SMARTS) is 1. The maximum Gasteiger partial charge on any atom is 0.312 e. The van der Waals surface area contributed by atoms with Gasteiger partial charge >= 0.3 is 5.97 Å². The van der Waals surface area contributed by atoms with E-state index in [1.165, 1.54) is 0 Å². The van der Waals surface area contributed by atoms with Crippen LogP contribution in [0.25, 0.3) is 0 Å². The quantitative estimate of drug-likeness (QED) is 0.788. The summed E-state index contributed by atoms with van der Waals surface area (Å²) in [5.74, 6) is -0.260. The molecule has 0 unspecified atom stereocenters. The van der Waals surface area contributed by atoms with E-state index in [1.807, 2.05) is 6.92 Å². The molecule has 0 saturated carbocycles. The van der Waals surface area contributed by atoms with Crippen molar-refractivity contribution in [2.45, 2.75) is 27.2 Å². The molecular weight excluding hydrogens is 232 g/mol. The van der Waals surface area contributed by atoms with E-state index in [2.05, 4.69) is 0 Å². The highest BCUT2D eigenvalue weighted by Crippen LogP contribution is 2.19. The molecule has 0 aliphatic rings. The number of Topliss-reactive ketones (excluding diaryl/α,β-unsaturated/α-hetero) is 1. The molecule has 0 radical (unpaired) electrons. The number of rotatable bonds is 6. The molecule has 0 aliphatic carbocycles. The first-order valence-corrected chi connectivity index (χ1v) is 5.86. The zero-order valence-corrected chi connectivity index (χ0v) is 10.9. The van der Waals surface area contributed by atoms with Crippen molar-refractivity contribution in [3.63, 3.8) is 0 Å². The van der Waals surface area contributed by atoms with Crippen molar-refractivity contribution in [3.05, 3.63) is 29.8 Å². The van der Waals surface area contributed by atoms with Crippen molar-refractivity contribution in [1.29, 1.82) is 0 Å². The first-order valence-electron chi connectivity index (χ1n) is 5.86. The zero-order chi connectivity index (χ0) is 13.8. The van der Waals surface area contributed by atoms with Gasteiger partial charge in [-0.25, -0.2) is 0 Å². The summed E-state index contributed by atoms with van der Waals surface area (Å²) in [6.07, 6.45) is 0.465. The Morgan fingerprint density at radius 2 is 1.78 bits per heavy atom. The van der Waals surface area contributed by atoms with Crippen molar-refractivity contribution in [3.8, 4) is 5.75 Å². The minimum atomic E-state index is -0.933. The molecule has 4 heteroatoms. The fraction of sp³-hybridized carbons (Fsp3) is 0.429. The van der Waals surface area contributed by atoms with Crippen molar-refractivity contribution in [2.75, 3.05) is 6.61 Å². The fourth-order valence-electron chi connectivity index (χ4n) is 1.27. The van der Waals surface area contributed by atoms with Crippen molar-refractivity contribution >= 4 is 11.8 Å². The molecule has 0 fully saturated rings. The predicted octanol–water partition coefficient (Wildman–Crippen LogP) is 2.77. The zero-order valence-electron chi connectivity index (χ0n) is 10.9. The lowest BCUT2D eigenvalue weighted by Crippen LogP contribution is -2.30. The van der Waals surface area contributed by atoms with Crippen LogP contribution in [-0.4, -0.2) is 23.5 Å². The van der Waals surface area contributed by atoms with E-state index in [9.17, 15) is 9.59 Å². The minimum Gasteiger partial charge on any atom is -0.492 e. The summed E-state index contributed by atoms with van der Waals surface area (Å²) in [7, 11) is 0. The van der Waals surface area contributed by atoms with E-state index in [0.29, 0.717) is 17.7 Å². The van der Waals surface area contributed by atoms with Gasteiger partial charge in [0.2, 0.25) is 0 Å². The number of hydrogen-bond donors (Lipinski definition) is 1. The van der Waals surface area contributed by atoms with E-state index in [-0.39, 0.29) is 12.4 Å². The van der Waals surface area contributed by atoms with Crippen molar-refractivity contribution in [2.24, 2.45) is 5.41 Å². The molecule has 98 valence electrons. The third kappa shape index (κ3) is 3.58. The summed E-state index contributed by atoms with van der Waals surface area (Å²) in [5.41, 5.74) is -0.292. The molecule has 4 nitrogen and oxygen atoms in total. The third-order valence-corrected chi connectivity index (χ3v) is 2.68. The first kappa shape index (κ1) is 14.2. The fourth-order valence-corrected chi connectivity index (χ4v) is 1.27. The summed E-state index contributed by atoms with van der Waals surface area (Å²) in [5, 5.41) is 8.94. The molecule has 0 heterocycles. The van der Waals surface area contributed by atoms with Gasteiger partial charge in [-0.15, -0.1) is 0 Å². The summed E-state index contributed by atoms with van der Waals surface area (Å²) in [6.45, 7) is 5.10. The van der Waals surface area contributed by atoms with Gasteiger partial charge in [-0.1, -0.05) is 6.92 Å². The number of hydrogen-bond acceptors (Lipinski definition) is 3. The Labute approximate surface area is 107 Å². The Morgan fingerprint density at radius 1 is 1.22 bits per heavy atom. The summed E-state index contributed by atoms with van der Waals surface area (Å²) >= 11 is 0. The monoisotopic (exact) mass is 250 g/mol. The Balaban J connectivity index is 2.65. The van der Waals surface area contributed by atoms with Crippen LogP contribution in [0.15, 0.2) is 24.3 Å². The first-order chi connectivity index (χ1) is 8.36. The third-order valence-electron chi connectivity index (χ3n) is 2.68. The topological polar surface area (TPSA) is 63.6 Å². The molecule has 0 bridgehead atoms. The maximum absolute atomic E-state index is 11.4. The Hall–Kier alpha value is -1.84. The molecule has 0 amide bonds. The van der Waals surface area contributed by atoms with Gasteiger partial charge in [-0.05, 0) is 38.1 Å². The Morgan fingerprint density at radius 3 is 2.22 bits per heavy atom. The summed E-state index contributed by atoms with van der Waals surface area (Å²) < 4.78 is 5.41.